The standard InChI is InChI=1S/C15H13F3N4O3/c16-15(17,18)11-8-21(7-10(11)14(24)25)13(23)9-2-4-19-12(6-9)22-5-1-3-20-22/h1-6,10-11H,7-8H2,(H,24,25)/t10-,11-/m1/s1. The number of aliphatic carboxylic acids is 1. The van der Waals surface area contributed by atoms with E-state index in [1.807, 2.05) is 0 Å². The lowest BCUT2D eigenvalue weighted by molar-refractivity contribution is -0.187. The third-order valence-corrected chi connectivity index (χ3v) is 4.08. The van der Waals surface area contributed by atoms with Crippen LogP contribution in [-0.4, -0.2) is 55.9 Å². The van der Waals surface area contributed by atoms with Crippen molar-refractivity contribution in [2.75, 3.05) is 13.1 Å². The van der Waals surface area contributed by atoms with Gasteiger partial charge in [-0.25, -0.2) is 9.67 Å². The first kappa shape index (κ1) is 16.9. The van der Waals surface area contributed by atoms with Crippen molar-refractivity contribution in [3.05, 3.63) is 42.4 Å². The van der Waals surface area contributed by atoms with Gasteiger partial charge in [-0.3, -0.25) is 9.59 Å². The average Bonchev–Trinajstić information content (AvgIpc) is 3.23. The summed E-state index contributed by atoms with van der Waals surface area (Å²) in [5, 5.41) is 13.0. The zero-order valence-corrected chi connectivity index (χ0v) is 12.7. The minimum Gasteiger partial charge on any atom is -0.481 e. The summed E-state index contributed by atoms with van der Waals surface area (Å²) in [6.45, 7) is -1.17. The molecule has 2 aromatic rings. The van der Waals surface area contributed by atoms with Gasteiger partial charge < -0.3 is 10.0 Å². The van der Waals surface area contributed by atoms with Crippen LogP contribution in [0.2, 0.25) is 0 Å². The number of carboxylic acid groups (broad SMARTS) is 1. The number of amides is 1. The number of rotatable bonds is 3. The maximum absolute atomic E-state index is 13.0. The Hall–Kier alpha value is -2.91. The highest BCUT2D eigenvalue weighted by Gasteiger charge is 2.53. The molecule has 3 heterocycles. The molecule has 0 saturated carbocycles. The molecule has 0 unspecified atom stereocenters. The molecule has 132 valence electrons. The fourth-order valence-electron chi connectivity index (χ4n) is 2.82. The first-order valence-corrected chi connectivity index (χ1v) is 7.32. The van der Waals surface area contributed by atoms with E-state index in [0.29, 0.717) is 5.82 Å². The van der Waals surface area contributed by atoms with Crippen LogP contribution in [0, 0.1) is 11.8 Å². The van der Waals surface area contributed by atoms with Crippen LogP contribution in [0.1, 0.15) is 10.4 Å². The molecule has 0 aliphatic carbocycles. The highest BCUT2D eigenvalue weighted by Crippen LogP contribution is 2.38. The molecule has 1 saturated heterocycles. The van der Waals surface area contributed by atoms with E-state index in [0.717, 1.165) is 4.90 Å². The van der Waals surface area contributed by atoms with Gasteiger partial charge in [0.05, 0.1) is 11.8 Å². The largest absolute Gasteiger partial charge is 0.481 e. The third kappa shape index (κ3) is 3.32. The number of alkyl halides is 3. The van der Waals surface area contributed by atoms with E-state index < -0.39 is 43.0 Å². The van der Waals surface area contributed by atoms with Gasteiger partial charge in [-0.1, -0.05) is 0 Å². The Labute approximate surface area is 139 Å². The summed E-state index contributed by atoms with van der Waals surface area (Å²) in [5.41, 5.74) is 0.118. The van der Waals surface area contributed by atoms with E-state index in [4.69, 9.17) is 5.11 Å². The Morgan fingerprint density at radius 3 is 2.56 bits per heavy atom. The molecule has 1 fully saturated rings. The van der Waals surface area contributed by atoms with Crippen LogP contribution in [0.3, 0.4) is 0 Å². The molecule has 3 rings (SSSR count). The van der Waals surface area contributed by atoms with Crippen LogP contribution < -0.4 is 0 Å². The number of hydrogen-bond acceptors (Lipinski definition) is 4. The molecule has 10 heteroatoms. The zero-order valence-electron chi connectivity index (χ0n) is 12.7. The van der Waals surface area contributed by atoms with Crippen molar-refractivity contribution in [1.29, 1.82) is 0 Å². The topological polar surface area (TPSA) is 88.3 Å². The number of carbonyl (C=O) groups excluding carboxylic acids is 1. The van der Waals surface area contributed by atoms with Crippen molar-refractivity contribution in [3.8, 4) is 5.82 Å². The summed E-state index contributed by atoms with van der Waals surface area (Å²) >= 11 is 0. The van der Waals surface area contributed by atoms with Crippen molar-refractivity contribution < 1.29 is 27.9 Å². The fraction of sp³-hybridized carbons (Fsp3) is 0.333. The zero-order chi connectivity index (χ0) is 18.2. The van der Waals surface area contributed by atoms with Gasteiger partial charge in [-0.2, -0.15) is 18.3 Å². The summed E-state index contributed by atoms with van der Waals surface area (Å²) in [5.74, 6) is -5.66. The lowest BCUT2D eigenvalue weighted by atomic mass is 9.96. The molecule has 0 aromatic carbocycles. The van der Waals surface area contributed by atoms with E-state index in [-0.39, 0.29) is 5.56 Å². The van der Waals surface area contributed by atoms with Gasteiger partial charge in [0.2, 0.25) is 0 Å². The van der Waals surface area contributed by atoms with Crippen LogP contribution in [0.5, 0.6) is 0 Å². The molecule has 0 bridgehead atoms. The van der Waals surface area contributed by atoms with Crippen molar-refractivity contribution in [3.63, 3.8) is 0 Å². The number of carbonyl (C=O) groups is 2. The Morgan fingerprint density at radius 2 is 2.00 bits per heavy atom. The lowest BCUT2D eigenvalue weighted by Gasteiger charge is -2.18. The Balaban J connectivity index is 1.84. The molecule has 2 aromatic heterocycles. The maximum Gasteiger partial charge on any atom is 0.394 e. The first-order chi connectivity index (χ1) is 11.8. The summed E-state index contributed by atoms with van der Waals surface area (Å²) in [7, 11) is 0. The molecule has 1 aliphatic rings. The Bertz CT molecular complexity index is 792. The minimum atomic E-state index is -4.68. The number of pyridine rings is 1. The van der Waals surface area contributed by atoms with Gasteiger partial charge in [0.1, 0.15) is 0 Å². The van der Waals surface area contributed by atoms with Crippen molar-refractivity contribution in [2.24, 2.45) is 11.8 Å². The number of aromatic nitrogens is 3. The first-order valence-electron chi connectivity index (χ1n) is 7.32. The molecule has 0 spiro atoms. The molecule has 2 atom stereocenters. The molecule has 1 amide bonds. The second-order valence-corrected chi connectivity index (χ2v) is 5.66. The van der Waals surface area contributed by atoms with E-state index in [1.165, 1.54) is 29.2 Å². The highest BCUT2D eigenvalue weighted by atomic mass is 19.4. The van der Waals surface area contributed by atoms with Gasteiger partial charge in [0.25, 0.3) is 5.91 Å². The van der Waals surface area contributed by atoms with Crippen LogP contribution in [0.4, 0.5) is 13.2 Å². The normalized spacial score (nSPS) is 20.7. The molecule has 7 nitrogen and oxygen atoms in total. The predicted molar refractivity (Wildman–Crippen MR) is 77.9 cm³/mol. The molecule has 1 aliphatic heterocycles. The molecule has 0 radical (unpaired) electrons. The lowest BCUT2D eigenvalue weighted by Crippen LogP contribution is -2.34. The van der Waals surface area contributed by atoms with E-state index in [2.05, 4.69) is 10.1 Å². The smallest absolute Gasteiger partial charge is 0.394 e. The predicted octanol–water partition coefficient (Wildman–Crippen LogP) is 1.60. The monoisotopic (exact) mass is 354 g/mol. The number of nitrogens with zero attached hydrogens (tertiary/aromatic N) is 4. The second-order valence-electron chi connectivity index (χ2n) is 5.66. The van der Waals surface area contributed by atoms with E-state index >= 15 is 0 Å². The Kier molecular flexibility index (Phi) is 4.19. The Morgan fingerprint density at radius 1 is 1.24 bits per heavy atom. The molecular weight excluding hydrogens is 341 g/mol. The second kappa shape index (κ2) is 6.19. The third-order valence-electron chi connectivity index (χ3n) is 4.08. The highest BCUT2D eigenvalue weighted by molar-refractivity contribution is 5.95. The number of halogens is 3. The average molecular weight is 354 g/mol. The molecular formula is C15H13F3N4O3. The van der Waals surface area contributed by atoms with Gasteiger partial charge in [0, 0.05) is 37.2 Å². The quantitative estimate of drug-likeness (QED) is 0.905. The van der Waals surface area contributed by atoms with Gasteiger partial charge in [-0.05, 0) is 18.2 Å². The van der Waals surface area contributed by atoms with Crippen LogP contribution in [0.15, 0.2) is 36.8 Å². The van der Waals surface area contributed by atoms with Crippen molar-refractivity contribution in [2.45, 2.75) is 6.18 Å². The number of likely N-dealkylation sites (tertiary alicyclic amines) is 1. The van der Waals surface area contributed by atoms with Crippen molar-refractivity contribution >= 4 is 11.9 Å². The number of carboxylic acids is 1. The fourth-order valence-corrected chi connectivity index (χ4v) is 2.82. The summed E-state index contributed by atoms with van der Waals surface area (Å²) in [6.07, 6.45) is -0.221. The summed E-state index contributed by atoms with van der Waals surface area (Å²) in [4.78, 5) is 28.6. The van der Waals surface area contributed by atoms with Crippen molar-refractivity contribution in [1.82, 2.24) is 19.7 Å². The van der Waals surface area contributed by atoms with Gasteiger partial charge in [-0.15, -0.1) is 0 Å². The summed E-state index contributed by atoms with van der Waals surface area (Å²) < 4.78 is 40.5. The molecule has 1 N–H and O–H groups in total. The minimum absolute atomic E-state index is 0.118. The number of hydrogen-bond donors (Lipinski definition) is 1. The van der Waals surface area contributed by atoms with Crippen LogP contribution >= 0.6 is 0 Å². The summed E-state index contributed by atoms with van der Waals surface area (Å²) in [6, 6.07) is 4.42. The SMILES string of the molecule is O=C(O)[C@@H]1CN(C(=O)c2ccnc(-n3cccn3)c2)C[C@H]1C(F)(F)F. The van der Waals surface area contributed by atoms with Crippen LogP contribution in [0.25, 0.3) is 5.82 Å². The molecule has 25 heavy (non-hydrogen) atoms. The van der Waals surface area contributed by atoms with Crippen LogP contribution in [-0.2, 0) is 4.79 Å². The maximum atomic E-state index is 13.0. The van der Waals surface area contributed by atoms with Gasteiger partial charge in [0.15, 0.2) is 5.82 Å². The van der Waals surface area contributed by atoms with E-state index in [1.54, 1.807) is 12.3 Å². The van der Waals surface area contributed by atoms with Gasteiger partial charge >= 0.3 is 12.1 Å². The van der Waals surface area contributed by atoms with E-state index in [9.17, 15) is 22.8 Å².